The van der Waals surface area contributed by atoms with E-state index in [1.165, 1.54) is 0 Å². The Balaban J connectivity index is 1.88. The molecule has 0 radical (unpaired) electrons. The number of urea groups is 1. The van der Waals surface area contributed by atoms with Crippen molar-refractivity contribution in [1.29, 1.82) is 0 Å². The van der Waals surface area contributed by atoms with E-state index in [1.54, 1.807) is 12.1 Å². The molecule has 128 valence electrons. The molecule has 3 N–H and O–H groups in total. The van der Waals surface area contributed by atoms with Gasteiger partial charge in [-0.1, -0.05) is 23.5 Å². The van der Waals surface area contributed by atoms with Crippen molar-refractivity contribution in [3.63, 3.8) is 0 Å². The third-order valence-electron chi connectivity index (χ3n) is 3.18. The molecule has 8 heteroatoms. The van der Waals surface area contributed by atoms with Crippen molar-refractivity contribution in [2.24, 2.45) is 0 Å². The smallest absolute Gasteiger partial charge is 0.319 e. The second-order valence-electron chi connectivity index (χ2n) is 5.54. The molecule has 3 amide bonds. The molecule has 2 aromatic rings. The molecule has 24 heavy (non-hydrogen) atoms. The van der Waals surface area contributed by atoms with E-state index >= 15 is 0 Å². The Morgan fingerprint density at radius 3 is 2.54 bits per heavy atom. The van der Waals surface area contributed by atoms with Crippen molar-refractivity contribution in [2.75, 3.05) is 5.32 Å². The van der Waals surface area contributed by atoms with Crippen LogP contribution in [0.2, 0.25) is 0 Å². The van der Waals surface area contributed by atoms with Crippen LogP contribution in [0.4, 0.5) is 10.5 Å². The fourth-order valence-corrected chi connectivity index (χ4v) is 2.68. The standard InChI is InChI=1S/C16H21N5O2S/c1-4-13-14(24-21-20-13)15(22)17-9-11-5-7-12(8-6-11)19-16(23)18-10(2)3/h5-8,10H,4,9H2,1-3H3,(H,17,22)(H2,18,19,23). The van der Waals surface area contributed by atoms with E-state index < -0.39 is 0 Å². The van der Waals surface area contributed by atoms with Crippen molar-refractivity contribution in [1.82, 2.24) is 20.2 Å². The molecule has 1 aromatic heterocycles. The Morgan fingerprint density at radius 2 is 1.92 bits per heavy atom. The van der Waals surface area contributed by atoms with Gasteiger partial charge in [0, 0.05) is 18.3 Å². The van der Waals surface area contributed by atoms with Crippen molar-refractivity contribution in [3.8, 4) is 0 Å². The predicted molar refractivity (Wildman–Crippen MR) is 94.2 cm³/mol. The number of nitrogens with one attached hydrogen (secondary N) is 3. The molecule has 7 nitrogen and oxygen atoms in total. The maximum absolute atomic E-state index is 12.1. The minimum Gasteiger partial charge on any atom is -0.347 e. The van der Waals surface area contributed by atoms with Gasteiger partial charge in [0.25, 0.3) is 5.91 Å². The molecule has 2 rings (SSSR count). The predicted octanol–water partition coefficient (Wildman–Crippen LogP) is 2.56. The van der Waals surface area contributed by atoms with Gasteiger partial charge in [0.1, 0.15) is 4.88 Å². The minimum atomic E-state index is -0.240. The fraction of sp³-hybridized carbons (Fsp3) is 0.375. The second kappa shape index (κ2) is 8.39. The average molecular weight is 347 g/mol. The zero-order chi connectivity index (χ0) is 17.5. The molecular weight excluding hydrogens is 326 g/mol. The van der Waals surface area contributed by atoms with Gasteiger partial charge < -0.3 is 16.0 Å². The Labute approximate surface area is 145 Å². The lowest BCUT2D eigenvalue weighted by molar-refractivity contribution is 0.0954. The maximum Gasteiger partial charge on any atom is 0.319 e. The van der Waals surface area contributed by atoms with E-state index in [2.05, 4.69) is 25.5 Å². The number of hydrogen-bond donors (Lipinski definition) is 3. The highest BCUT2D eigenvalue weighted by atomic mass is 32.1. The SMILES string of the molecule is CCc1nnsc1C(=O)NCc1ccc(NC(=O)NC(C)C)cc1. The van der Waals surface area contributed by atoms with Crippen molar-refractivity contribution in [3.05, 3.63) is 40.4 Å². The van der Waals surface area contributed by atoms with Crippen LogP contribution in [-0.4, -0.2) is 27.6 Å². The number of rotatable bonds is 6. The van der Waals surface area contributed by atoms with Gasteiger partial charge in [-0.15, -0.1) is 5.10 Å². The first-order valence-electron chi connectivity index (χ1n) is 7.75. The van der Waals surface area contributed by atoms with Gasteiger partial charge in [-0.25, -0.2) is 4.79 Å². The molecule has 0 unspecified atom stereocenters. The van der Waals surface area contributed by atoms with Crippen LogP contribution in [-0.2, 0) is 13.0 Å². The molecule has 0 saturated carbocycles. The number of hydrogen-bond acceptors (Lipinski definition) is 5. The highest BCUT2D eigenvalue weighted by Gasteiger charge is 2.14. The molecule has 1 heterocycles. The zero-order valence-corrected chi connectivity index (χ0v) is 14.7. The summed E-state index contributed by atoms with van der Waals surface area (Å²) >= 11 is 1.10. The molecule has 0 saturated heterocycles. The summed E-state index contributed by atoms with van der Waals surface area (Å²) in [6.07, 6.45) is 0.679. The molecule has 0 aliphatic rings. The van der Waals surface area contributed by atoms with Crippen LogP contribution >= 0.6 is 11.5 Å². The summed E-state index contributed by atoms with van der Waals surface area (Å²) in [4.78, 5) is 24.3. The Hall–Kier alpha value is -2.48. The van der Waals surface area contributed by atoms with Gasteiger partial charge in [0.05, 0.1) is 5.69 Å². The van der Waals surface area contributed by atoms with E-state index in [1.807, 2.05) is 32.9 Å². The van der Waals surface area contributed by atoms with Gasteiger partial charge in [-0.05, 0) is 49.5 Å². The number of carbonyl (C=O) groups excluding carboxylic acids is 2. The number of carbonyl (C=O) groups is 2. The number of amides is 3. The van der Waals surface area contributed by atoms with Crippen LogP contribution < -0.4 is 16.0 Å². The summed E-state index contributed by atoms with van der Waals surface area (Å²) in [5, 5.41) is 12.3. The third-order valence-corrected chi connectivity index (χ3v) is 3.95. The quantitative estimate of drug-likeness (QED) is 0.748. The van der Waals surface area contributed by atoms with Crippen LogP contribution in [0.15, 0.2) is 24.3 Å². The lowest BCUT2D eigenvalue weighted by Gasteiger charge is -2.10. The van der Waals surface area contributed by atoms with Crippen LogP contribution in [0, 0.1) is 0 Å². The number of anilines is 1. The molecule has 0 atom stereocenters. The summed E-state index contributed by atoms with van der Waals surface area (Å²) in [7, 11) is 0. The van der Waals surface area contributed by atoms with Gasteiger partial charge in [0.2, 0.25) is 0 Å². The van der Waals surface area contributed by atoms with Crippen LogP contribution in [0.25, 0.3) is 0 Å². The Morgan fingerprint density at radius 1 is 1.21 bits per heavy atom. The maximum atomic E-state index is 12.1. The highest BCUT2D eigenvalue weighted by Crippen LogP contribution is 2.12. The number of aromatic nitrogens is 2. The van der Waals surface area contributed by atoms with E-state index in [-0.39, 0.29) is 18.0 Å². The topological polar surface area (TPSA) is 96.0 Å². The zero-order valence-electron chi connectivity index (χ0n) is 13.9. The second-order valence-corrected chi connectivity index (χ2v) is 6.29. The third kappa shape index (κ3) is 5.02. The first-order valence-corrected chi connectivity index (χ1v) is 8.52. The number of nitrogens with zero attached hydrogens (tertiary/aromatic N) is 2. The van der Waals surface area contributed by atoms with E-state index in [4.69, 9.17) is 0 Å². The lowest BCUT2D eigenvalue weighted by Crippen LogP contribution is -2.34. The molecule has 0 aliphatic heterocycles. The highest BCUT2D eigenvalue weighted by molar-refractivity contribution is 7.08. The molecule has 1 aromatic carbocycles. The lowest BCUT2D eigenvalue weighted by atomic mass is 10.2. The van der Waals surface area contributed by atoms with Gasteiger partial charge >= 0.3 is 6.03 Å². The minimum absolute atomic E-state index is 0.0775. The number of aryl methyl sites for hydroxylation is 1. The van der Waals surface area contributed by atoms with Crippen LogP contribution in [0.5, 0.6) is 0 Å². The van der Waals surface area contributed by atoms with Gasteiger partial charge in [0.15, 0.2) is 0 Å². The first-order chi connectivity index (χ1) is 11.5. The monoisotopic (exact) mass is 347 g/mol. The summed E-state index contributed by atoms with van der Waals surface area (Å²) < 4.78 is 3.81. The molecular formula is C16H21N5O2S. The summed E-state index contributed by atoms with van der Waals surface area (Å²) in [5.74, 6) is -0.166. The average Bonchev–Trinajstić information content (AvgIpc) is 3.01. The van der Waals surface area contributed by atoms with Gasteiger partial charge in [-0.2, -0.15) is 0 Å². The van der Waals surface area contributed by atoms with E-state index in [0.717, 1.165) is 17.1 Å². The van der Waals surface area contributed by atoms with Crippen LogP contribution in [0.3, 0.4) is 0 Å². The van der Waals surface area contributed by atoms with E-state index in [9.17, 15) is 9.59 Å². The first kappa shape index (κ1) is 17.9. The fourth-order valence-electron chi connectivity index (χ4n) is 2.01. The summed E-state index contributed by atoms with van der Waals surface area (Å²) in [6.45, 7) is 6.13. The van der Waals surface area contributed by atoms with Crippen molar-refractivity contribution >= 4 is 29.2 Å². The normalized spacial score (nSPS) is 10.5. The number of benzene rings is 1. The molecule has 0 aliphatic carbocycles. The Bertz CT molecular complexity index is 697. The van der Waals surface area contributed by atoms with Gasteiger partial charge in [-0.3, -0.25) is 4.79 Å². The molecule has 0 bridgehead atoms. The summed E-state index contributed by atoms with van der Waals surface area (Å²) in [5.41, 5.74) is 2.35. The molecule has 0 spiro atoms. The van der Waals surface area contributed by atoms with Crippen LogP contribution in [0.1, 0.15) is 41.7 Å². The van der Waals surface area contributed by atoms with Crippen molar-refractivity contribution in [2.45, 2.75) is 39.8 Å². The van der Waals surface area contributed by atoms with Crippen molar-refractivity contribution < 1.29 is 9.59 Å². The summed E-state index contributed by atoms with van der Waals surface area (Å²) in [6, 6.07) is 7.15. The van der Waals surface area contributed by atoms with E-state index in [0.29, 0.717) is 29.2 Å². The Kier molecular flexibility index (Phi) is 6.25. The molecule has 0 fully saturated rings. The largest absolute Gasteiger partial charge is 0.347 e.